The fourth-order valence-corrected chi connectivity index (χ4v) is 4.63. The minimum atomic E-state index is -0.0850. The molecule has 25 heavy (non-hydrogen) atoms. The number of thioether (sulfide) groups is 1. The van der Waals surface area contributed by atoms with Crippen LogP contribution in [0.1, 0.15) is 28.8 Å². The molecule has 0 bridgehead atoms. The third-order valence-corrected chi connectivity index (χ3v) is 5.68. The normalized spacial score (nSPS) is 20.8. The van der Waals surface area contributed by atoms with Crippen molar-refractivity contribution in [3.63, 3.8) is 0 Å². The zero-order valence-electron chi connectivity index (χ0n) is 14.0. The zero-order chi connectivity index (χ0) is 17.2. The van der Waals surface area contributed by atoms with Crippen molar-refractivity contribution in [2.24, 2.45) is 0 Å². The molecule has 0 spiro atoms. The van der Waals surface area contributed by atoms with Crippen molar-refractivity contribution >= 4 is 29.7 Å². The van der Waals surface area contributed by atoms with Crippen LogP contribution < -0.4 is 16.0 Å². The molecule has 1 aliphatic heterocycles. The third kappa shape index (κ3) is 2.83. The Hall–Kier alpha value is -2.24. The number of hydrogen-bond donors (Lipinski definition) is 1. The van der Waals surface area contributed by atoms with E-state index in [2.05, 4.69) is 57.8 Å². The standard InChI is InChI=1S/C20H20N2O2S/c1-24-18-9-5-8-16-20(18)19-15(21-13-23)11-25-12-17(19)22(16)10-14-6-3-2-4-7-14/h2-9,12-13,15,18H,10-11H2,1H3,(H,21,23). The molecule has 128 valence electrons. The van der Waals surface area contributed by atoms with Gasteiger partial charge in [-0.25, -0.2) is 0 Å². The summed E-state index contributed by atoms with van der Waals surface area (Å²) in [6, 6.07) is 10.4. The summed E-state index contributed by atoms with van der Waals surface area (Å²) in [7, 11) is 1.73. The van der Waals surface area contributed by atoms with Gasteiger partial charge >= 0.3 is 0 Å². The second-order valence-electron chi connectivity index (χ2n) is 6.17. The van der Waals surface area contributed by atoms with Crippen LogP contribution in [-0.4, -0.2) is 23.8 Å². The van der Waals surface area contributed by atoms with Gasteiger partial charge < -0.3 is 14.6 Å². The molecule has 2 atom stereocenters. The smallest absolute Gasteiger partial charge is 0.207 e. The number of fused-ring (bicyclic) bond motifs is 3. The number of rotatable bonds is 5. The molecule has 0 saturated heterocycles. The first-order chi connectivity index (χ1) is 12.3. The third-order valence-electron chi connectivity index (χ3n) is 4.76. The Bertz CT molecular complexity index is 931. The Morgan fingerprint density at radius 1 is 1.28 bits per heavy atom. The zero-order valence-corrected chi connectivity index (χ0v) is 14.8. The minimum absolute atomic E-state index is 0.00539. The lowest BCUT2D eigenvalue weighted by Crippen LogP contribution is -2.33. The molecule has 4 rings (SSSR count). The van der Waals surface area contributed by atoms with Crippen LogP contribution in [-0.2, 0) is 16.1 Å². The number of methoxy groups -OCH3 is 1. The van der Waals surface area contributed by atoms with Crippen LogP contribution >= 0.6 is 11.8 Å². The van der Waals surface area contributed by atoms with Gasteiger partial charge in [-0.05, 0) is 17.0 Å². The number of allylic oxidation sites excluding steroid dienone is 1. The molecule has 2 heterocycles. The van der Waals surface area contributed by atoms with E-state index in [0.717, 1.165) is 18.7 Å². The summed E-state index contributed by atoms with van der Waals surface area (Å²) in [5.41, 5.74) is 3.61. The summed E-state index contributed by atoms with van der Waals surface area (Å²) in [6.45, 7) is 0.796. The Morgan fingerprint density at radius 2 is 2.12 bits per heavy atom. The van der Waals surface area contributed by atoms with Crippen LogP contribution in [0.25, 0.3) is 11.5 Å². The van der Waals surface area contributed by atoms with Gasteiger partial charge in [-0.15, -0.1) is 11.8 Å². The van der Waals surface area contributed by atoms with Crippen molar-refractivity contribution in [2.75, 3.05) is 12.9 Å². The molecule has 5 heteroatoms. The maximum atomic E-state index is 11.1. The number of carbonyl (C=O) groups excluding carboxylic acids is 1. The molecule has 1 amide bonds. The van der Waals surface area contributed by atoms with E-state index >= 15 is 0 Å². The topological polar surface area (TPSA) is 43.3 Å². The molecule has 0 saturated carbocycles. The molecule has 1 aromatic heterocycles. The summed E-state index contributed by atoms with van der Waals surface area (Å²) < 4.78 is 8.05. The first-order valence-corrected chi connectivity index (χ1v) is 9.37. The lowest BCUT2D eigenvalue weighted by Gasteiger charge is -2.22. The van der Waals surface area contributed by atoms with Gasteiger partial charge in [0.2, 0.25) is 6.41 Å². The molecule has 2 aromatic rings. The van der Waals surface area contributed by atoms with E-state index in [-0.39, 0.29) is 12.1 Å². The van der Waals surface area contributed by atoms with Gasteiger partial charge in [-0.2, -0.15) is 0 Å². The molecule has 1 aromatic carbocycles. The monoisotopic (exact) mass is 352 g/mol. The van der Waals surface area contributed by atoms with Gasteiger partial charge in [0.1, 0.15) is 6.10 Å². The second kappa shape index (κ2) is 6.94. The highest BCUT2D eigenvalue weighted by Gasteiger charge is 2.29. The summed E-state index contributed by atoms with van der Waals surface area (Å²) in [5, 5.41) is 7.53. The fourth-order valence-electron chi connectivity index (χ4n) is 3.67. The van der Waals surface area contributed by atoms with E-state index in [1.807, 2.05) is 6.07 Å². The number of hydrogen-bond acceptors (Lipinski definition) is 3. The van der Waals surface area contributed by atoms with Crippen molar-refractivity contribution in [2.45, 2.75) is 18.7 Å². The van der Waals surface area contributed by atoms with Crippen molar-refractivity contribution in [1.29, 1.82) is 0 Å². The van der Waals surface area contributed by atoms with Crippen molar-refractivity contribution < 1.29 is 9.53 Å². The average molecular weight is 352 g/mol. The van der Waals surface area contributed by atoms with Crippen molar-refractivity contribution in [3.05, 3.63) is 69.9 Å². The Balaban J connectivity index is 1.94. The quantitative estimate of drug-likeness (QED) is 0.835. The summed E-state index contributed by atoms with van der Waals surface area (Å²) >= 11 is 1.74. The van der Waals surface area contributed by atoms with Crippen LogP contribution in [0.3, 0.4) is 0 Å². The lowest BCUT2D eigenvalue weighted by molar-refractivity contribution is -0.110. The summed E-state index contributed by atoms with van der Waals surface area (Å²) in [6.07, 6.45) is 6.97. The highest BCUT2D eigenvalue weighted by atomic mass is 32.2. The number of benzene rings is 1. The van der Waals surface area contributed by atoms with E-state index < -0.39 is 0 Å². The van der Waals surface area contributed by atoms with Gasteiger partial charge in [0, 0.05) is 35.9 Å². The molecular formula is C20H20N2O2S. The SMILES string of the molecule is COC1C=CC=c2c1c1c(n2Cc2ccccc2)=CSCC1NC=O. The maximum absolute atomic E-state index is 11.1. The number of nitrogens with one attached hydrogen (secondary N) is 1. The van der Waals surface area contributed by atoms with Crippen molar-refractivity contribution in [3.8, 4) is 0 Å². The highest BCUT2D eigenvalue weighted by molar-refractivity contribution is 8.06. The largest absolute Gasteiger partial charge is 0.373 e. The predicted molar refractivity (Wildman–Crippen MR) is 101 cm³/mol. The number of nitrogens with zero attached hydrogens (tertiary/aromatic N) is 1. The Kier molecular flexibility index (Phi) is 4.51. The molecule has 0 radical (unpaired) electrons. The van der Waals surface area contributed by atoms with Gasteiger partial charge in [0.25, 0.3) is 0 Å². The molecule has 2 aliphatic rings. The molecular weight excluding hydrogens is 332 g/mol. The molecule has 4 nitrogen and oxygen atoms in total. The maximum Gasteiger partial charge on any atom is 0.207 e. The first-order valence-electron chi connectivity index (χ1n) is 8.32. The van der Waals surface area contributed by atoms with Crippen LogP contribution in [0.2, 0.25) is 0 Å². The summed E-state index contributed by atoms with van der Waals surface area (Å²) in [4.78, 5) is 11.1. The van der Waals surface area contributed by atoms with E-state index in [9.17, 15) is 4.79 Å². The number of amides is 1. The van der Waals surface area contributed by atoms with Gasteiger partial charge in [-0.1, -0.05) is 42.5 Å². The lowest BCUT2D eigenvalue weighted by atomic mass is 9.98. The Morgan fingerprint density at radius 3 is 2.88 bits per heavy atom. The van der Waals surface area contributed by atoms with Crippen LogP contribution in [0.4, 0.5) is 0 Å². The summed E-state index contributed by atoms with van der Waals surface area (Å²) in [5.74, 6) is 0.841. The highest BCUT2D eigenvalue weighted by Crippen LogP contribution is 2.29. The van der Waals surface area contributed by atoms with Crippen LogP contribution in [0.5, 0.6) is 0 Å². The minimum Gasteiger partial charge on any atom is -0.373 e. The van der Waals surface area contributed by atoms with E-state index in [0.29, 0.717) is 0 Å². The van der Waals surface area contributed by atoms with E-state index in [1.165, 1.54) is 27.4 Å². The number of carbonyl (C=O) groups is 1. The number of aromatic nitrogens is 1. The first kappa shape index (κ1) is 16.2. The fraction of sp³-hybridized carbons (Fsp3) is 0.250. The second-order valence-corrected chi connectivity index (χ2v) is 7.07. The van der Waals surface area contributed by atoms with Crippen LogP contribution in [0, 0.1) is 0 Å². The van der Waals surface area contributed by atoms with E-state index in [4.69, 9.17) is 4.74 Å². The predicted octanol–water partition coefficient (Wildman–Crippen LogP) is 1.85. The molecule has 1 N–H and O–H groups in total. The Labute approximate surface area is 150 Å². The number of ether oxygens (including phenoxy) is 1. The molecule has 1 aliphatic carbocycles. The average Bonchev–Trinajstić information content (AvgIpc) is 2.98. The van der Waals surface area contributed by atoms with Gasteiger partial charge in [-0.3, -0.25) is 4.79 Å². The van der Waals surface area contributed by atoms with Crippen LogP contribution in [0.15, 0.2) is 42.5 Å². The molecule has 0 fully saturated rings. The van der Waals surface area contributed by atoms with Gasteiger partial charge in [0.15, 0.2) is 0 Å². The van der Waals surface area contributed by atoms with Gasteiger partial charge in [0.05, 0.1) is 11.4 Å². The van der Waals surface area contributed by atoms with Crippen molar-refractivity contribution in [1.82, 2.24) is 9.88 Å². The van der Waals surface area contributed by atoms with E-state index in [1.54, 1.807) is 18.9 Å². The molecule has 2 unspecified atom stereocenters.